The third-order valence-electron chi connectivity index (χ3n) is 3.55. The van der Waals surface area contributed by atoms with Gasteiger partial charge in [0.25, 0.3) is 0 Å². The van der Waals surface area contributed by atoms with E-state index in [1.54, 1.807) is 6.07 Å². The molecule has 0 aliphatic carbocycles. The zero-order chi connectivity index (χ0) is 17.3. The summed E-state index contributed by atoms with van der Waals surface area (Å²) in [5.74, 6) is 0.00181. The maximum Gasteiger partial charge on any atom is 0.239 e. The van der Waals surface area contributed by atoms with Gasteiger partial charge < -0.3 is 11.1 Å². The van der Waals surface area contributed by atoms with Crippen molar-refractivity contribution in [2.75, 3.05) is 16.9 Å². The van der Waals surface area contributed by atoms with Crippen molar-refractivity contribution < 1.29 is 4.79 Å². The quantitative estimate of drug-likeness (QED) is 0.709. The van der Waals surface area contributed by atoms with E-state index in [2.05, 4.69) is 20.4 Å². The number of aromatic nitrogens is 4. The Kier molecular flexibility index (Phi) is 4.35. The Morgan fingerprint density at radius 3 is 2.88 bits per heavy atom. The van der Waals surface area contributed by atoms with Crippen LogP contribution in [0.2, 0.25) is 0 Å². The van der Waals surface area contributed by atoms with Crippen LogP contribution < -0.4 is 11.1 Å². The van der Waals surface area contributed by atoms with Crippen molar-refractivity contribution in [2.24, 2.45) is 0 Å². The zero-order valence-electron chi connectivity index (χ0n) is 13.3. The van der Waals surface area contributed by atoms with Crippen molar-refractivity contribution >= 4 is 40.0 Å². The van der Waals surface area contributed by atoms with E-state index < -0.39 is 0 Å². The Morgan fingerprint density at radius 2 is 2.17 bits per heavy atom. The van der Waals surface area contributed by atoms with Crippen LogP contribution >= 0.6 is 11.6 Å². The second kappa shape index (κ2) is 6.45. The molecule has 0 fully saturated rings. The third-order valence-corrected chi connectivity index (χ3v) is 3.79. The molecule has 3 N–H and O–H groups in total. The number of nitrogens with zero attached hydrogens (tertiary/aromatic N) is 4. The van der Waals surface area contributed by atoms with E-state index in [9.17, 15) is 4.79 Å². The Morgan fingerprint density at radius 1 is 1.38 bits per heavy atom. The minimum atomic E-state index is -0.269. The highest BCUT2D eigenvalue weighted by Gasteiger charge is 2.18. The molecule has 124 valence electrons. The summed E-state index contributed by atoms with van der Waals surface area (Å²) in [6.07, 6.45) is 1.43. The number of rotatable bonds is 4. The molecule has 8 heteroatoms. The summed E-state index contributed by atoms with van der Waals surface area (Å²) >= 11 is 5.53. The van der Waals surface area contributed by atoms with E-state index in [1.165, 1.54) is 6.33 Å². The van der Waals surface area contributed by atoms with Gasteiger partial charge in [-0.15, -0.1) is 11.6 Å². The Labute approximate surface area is 143 Å². The first-order valence-electron chi connectivity index (χ1n) is 7.46. The molecule has 0 atom stereocenters. The molecule has 1 aromatic carbocycles. The standard InChI is InChI=1S/C16H17ClN6O/c1-9(2)23-16-13(15(18)19-8-20-16)14(22-23)10-4-3-5-11(6-10)21-12(24)7-17/h3-6,8-9H,7H2,1-2H3,(H,21,24)(H2,18,19,20). The number of hydrogen-bond donors (Lipinski definition) is 2. The molecule has 0 bridgehead atoms. The van der Waals surface area contributed by atoms with E-state index >= 15 is 0 Å². The highest BCUT2D eigenvalue weighted by atomic mass is 35.5. The van der Waals surface area contributed by atoms with Crippen molar-refractivity contribution in [3.8, 4) is 11.3 Å². The molecule has 1 amide bonds. The zero-order valence-corrected chi connectivity index (χ0v) is 14.1. The summed E-state index contributed by atoms with van der Waals surface area (Å²) in [5, 5.41) is 8.08. The van der Waals surface area contributed by atoms with Crippen LogP contribution in [-0.2, 0) is 4.79 Å². The molecule has 0 aliphatic rings. The summed E-state index contributed by atoms with van der Waals surface area (Å²) in [4.78, 5) is 19.9. The third kappa shape index (κ3) is 2.90. The van der Waals surface area contributed by atoms with Crippen molar-refractivity contribution in [1.82, 2.24) is 19.7 Å². The van der Waals surface area contributed by atoms with Gasteiger partial charge in [0.05, 0.1) is 5.39 Å². The molecular formula is C16H17ClN6O. The average molecular weight is 345 g/mol. The first-order valence-corrected chi connectivity index (χ1v) is 7.99. The first kappa shape index (κ1) is 16.2. The molecular weight excluding hydrogens is 328 g/mol. The molecule has 3 rings (SSSR count). The van der Waals surface area contributed by atoms with Crippen LogP contribution in [0.4, 0.5) is 11.5 Å². The molecule has 7 nitrogen and oxygen atoms in total. The molecule has 0 spiro atoms. The van der Waals surface area contributed by atoms with Gasteiger partial charge in [-0.25, -0.2) is 14.6 Å². The van der Waals surface area contributed by atoms with Gasteiger partial charge >= 0.3 is 0 Å². The summed E-state index contributed by atoms with van der Waals surface area (Å²) < 4.78 is 1.81. The van der Waals surface area contributed by atoms with E-state index in [-0.39, 0.29) is 17.8 Å². The number of anilines is 2. The summed E-state index contributed by atoms with van der Waals surface area (Å²) in [6, 6.07) is 7.46. The second-order valence-electron chi connectivity index (χ2n) is 5.61. The highest BCUT2D eigenvalue weighted by Crippen LogP contribution is 2.32. The van der Waals surface area contributed by atoms with Gasteiger partial charge in [0.15, 0.2) is 5.65 Å². The number of benzene rings is 1. The summed E-state index contributed by atoms with van der Waals surface area (Å²) in [7, 11) is 0. The summed E-state index contributed by atoms with van der Waals surface area (Å²) in [5.41, 5.74) is 8.87. The van der Waals surface area contributed by atoms with Gasteiger partial charge in [-0.2, -0.15) is 5.10 Å². The monoisotopic (exact) mass is 344 g/mol. The molecule has 0 radical (unpaired) electrons. The van der Waals surface area contributed by atoms with Crippen LogP contribution in [0.5, 0.6) is 0 Å². The Balaban J connectivity index is 2.16. The van der Waals surface area contributed by atoms with Crippen LogP contribution in [0, 0.1) is 0 Å². The van der Waals surface area contributed by atoms with Gasteiger partial charge in [-0.05, 0) is 26.0 Å². The molecule has 0 saturated heterocycles. The highest BCUT2D eigenvalue weighted by molar-refractivity contribution is 6.29. The molecule has 0 unspecified atom stereocenters. The van der Waals surface area contributed by atoms with E-state index in [0.717, 1.165) is 5.56 Å². The number of carbonyl (C=O) groups is 1. The average Bonchev–Trinajstić information content (AvgIpc) is 2.96. The predicted octanol–water partition coefficient (Wildman–Crippen LogP) is 2.83. The fraction of sp³-hybridized carbons (Fsp3) is 0.250. The lowest BCUT2D eigenvalue weighted by molar-refractivity contribution is -0.113. The van der Waals surface area contributed by atoms with Crippen LogP contribution in [0.1, 0.15) is 19.9 Å². The number of amides is 1. The van der Waals surface area contributed by atoms with Gasteiger partial charge in [-0.3, -0.25) is 4.79 Å². The van der Waals surface area contributed by atoms with Crippen molar-refractivity contribution in [3.05, 3.63) is 30.6 Å². The number of nitrogens with one attached hydrogen (secondary N) is 1. The fourth-order valence-electron chi connectivity index (χ4n) is 2.50. The number of hydrogen-bond acceptors (Lipinski definition) is 5. The number of carbonyl (C=O) groups excluding carboxylic acids is 1. The minimum absolute atomic E-state index is 0.101. The minimum Gasteiger partial charge on any atom is -0.383 e. The van der Waals surface area contributed by atoms with E-state index in [0.29, 0.717) is 28.2 Å². The molecule has 0 aliphatic heterocycles. The van der Waals surface area contributed by atoms with Gasteiger partial charge in [-0.1, -0.05) is 12.1 Å². The Bertz CT molecular complexity index is 905. The number of nitrogens with two attached hydrogens (primary N) is 1. The van der Waals surface area contributed by atoms with Crippen molar-refractivity contribution in [2.45, 2.75) is 19.9 Å². The number of nitrogen functional groups attached to an aromatic ring is 1. The maximum absolute atomic E-state index is 11.5. The fourth-order valence-corrected chi connectivity index (χ4v) is 2.56. The number of fused-ring (bicyclic) bond motifs is 1. The SMILES string of the molecule is CC(C)n1nc(-c2cccc(NC(=O)CCl)c2)c2c(N)ncnc21. The lowest BCUT2D eigenvalue weighted by Crippen LogP contribution is -2.12. The molecule has 0 saturated carbocycles. The molecule has 3 aromatic rings. The number of halogens is 1. The van der Waals surface area contributed by atoms with Gasteiger partial charge in [0, 0.05) is 17.3 Å². The van der Waals surface area contributed by atoms with Crippen molar-refractivity contribution in [1.29, 1.82) is 0 Å². The lowest BCUT2D eigenvalue weighted by atomic mass is 10.1. The molecule has 2 aromatic heterocycles. The van der Waals surface area contributed by atoms with Gasteiger partial charge in [0.1, 0.15) is 23.7 Å². The lowest BCUT2D eigenvalue weighted by Gasteiger charge is -2.06. The van der Waals surface area contributed by atoms with Crippen LogP contribution in [0.25, 0.3) is 22.3 Å². The largest absolute Gasteiger partial charge is 0.383 e. The Hall–Kier alpha value is -2.67. The van der Waals surface area contributed by atoms with E-state index in [4.69, 9.17) is 17.3 Å². The predicted molar refractivity (Wildman–Crippen MR) is 94.9 cm³/mol. The first-order chi connectivity index (χ1) is 11.5. The smallest absolute Gasteiger partial charge is 0.239 e. The number of alkyl halides is 1. The topological polar surface area (TPSA) is 98.7 Å². The normalized spacial score (nSPS) is 11.2. The van der Waals surface area contributed by atoms with Crippen LogP contribution in [0.15, 0.2) is 30.6 Å². The van der Waals surface area contributed by atoms with Crippen LogP contribution in [0.3, 0.4) is 0 Å². The van der Waals surface area contributed by atoms with Crippen LogP contribution in [-0.4, -0.2) is 31.5 Å². The van der Waals surface area contributed by atoms with E-state index in [1.807, 2.05) is 36.7 Å². The maximum atomic E-state index is 11.5. The second-order valence-corrected chi connectivity index (χ2v) is 5.87. The summed E-state index contributed by atoms with van der Waals surface area (Å²) in [6.45, 7) is 4.04. The molecule has 24 heavy (non-hydrogen) atoms. The molecule has 2 heterocycles. The van der Waals surface area contributed by atoms with Crippen molar-refractivity contribution in [3.63, 3.8) is 0 Å². The van der Waals surface area contributed by atoms with Gasteiger partial charge in [0.2, 0.25) is 5.91 Å².